The summed E-state index contributed by atoms with van der Waals surface area (Å²) in [4.78, 5) is 9.91. The molecule has 1 aromatic rings. The molecular formula is C13H17F3N2O3S. The Labute approximate surface area is 129 Å². The molecule has 9 heteroatoms. The number of hydrogen-bond acceptors (Lipinski definition) is 4. The van der Waals surface area contributed by atoms with Crippen molar-refractivity contribution in [1.82, 2.24) is 4.72 Å². The third-order valence-electron chi connectivity index (χ3n) is 2.82. The van der Waals surface area contributed by atoms with Crippen LogP contribution in [0.15, 0.2) is 18.2 Å². The first-order valence-electron chi connectivity index (χ1n) is 6.37. The lowest BCUT2D eigenvalue weighted by Gasteiger charge is -2.26. The average Bonchev–Trinajstić information content (AvgIpc) is 2.35. The first-order chi connectivity index (χ1) is 9.82. The van der Waals surface area contributed by atoms with Crippen LogP contribution < -0.4 is 4.72 Å². The minimum Gasteiger partial charge on any atom is -0.598 e. The van der Waals surface area contributed by atoms with Crippen LogP contribution in [-0.4, -0.2) is 14.2 Å². The third-order valence-corrected chi connectivity index (χ3v) is 4.50. The van der Waals surface area contributed by atoms with Gasteiger partial charge in [-0.1, -0.05) is 0 Å². The van der Waals surface area contributed by atoms with Crippen LogP contribution in [0.3, 0.4) is 0 Å². The summed E-state index contributed by atoms with van der Waals surface area (Å²) in [5.41, 5.74) is -1.70. The van der Waals surface area contributed by atoms with Gasteiger partial charge in [0.15, 0.2) is 0 Å². The Morgan fingerprint density at radius 2 is 1.77 bits per heavy atom. The molecule has 0 radical (unpaired) electrons. The van der Waals surface area contributed by atoms with Crippen LogP contribution in [0.25, 0.3) is 0 Å². The highest BCUT2D eigenvalue weighted by atomic mass is 32.2. The molecule has 22 heavy (non-hydrogen) atoms. The maximum Gasteiger partial charge on any atom is 0.416 e. The number of nitrogens with zero attached hydrogens (tertiary/aromatic N) is 1. The zero-order valence-corrected chi connectivity index (χ0v) is 13.3. The van der Waals surface area contributed by atoms with Gasteiger partial charge in [-0.15, -0.1) is 4.72 Å². The second-order valence-electron chi connectivity index (χ2n) is 5.79. The second kappa shape index (κ2) is 6.43. The van der Waals surface area contributed by atoms with E-state index in [1.54, 1.807) is 20.8 Å². The molecule has 0 unspecified atom stereocenters. The molecule has 0 aromatic heterocycles. The Hall–Kier alpha value is -1.32. The topological polar surface area (TPSA) is 78.2 Å². The molecule has 1 rings (SSSR count). The van der Waals surface area contributed by atoms with E-state index in [1.165, 1.54) is 6.92 Å². The Bertz CT molecular complexity index is 558. The summed E-state index contributed by atoms with van der Waals surface area (Å²) in [6.07, 6.45) is -4.69. The number of non-ortho nitro benzene ring substituents is 1. The van der Waals surface area contributed by atoms with Gasteiger partial charge in [0.2, 0.25) is 0 Å². The van der Waals surface area contributed by atoms with Gasteiger partial charge in [-0.25, -0.2) is 0 Å². The number of nitro benzene ring substituents is 1. The first-order valence-corrected chi connectivity index (χ1v) is 7.52. The van der Waals surface area contributed by atoms with E-state index >= 15 is 0 Å². The zero-order chi connectivity index (χ0) is 17.3. The number of alkyl halides is 3. The fourth-order valence-electron chi connectivity index (χ4n) is 1.56. The molecule has 0 saturated heterocycles. The summed E-state index contributed by atoms with van der Waals surface area (Å²) in [6, 6.07) is 1.62. The van der Waals surface area contributed by atoms with Gasteiger partial charge in [0, 0.05) is 23.5 Å². The number of nitrogens with one attached hydrogen (secondary N) is 1. The zero-order valence-electron chi connectivity index (χ0n) is 12.5. The van der Waals surface area contributed by atoms with E-state index in [2.05, 4.69) is 4.72 Å². The minimum atomic E-state index is -4.69. The van der Waals surface area contributed by atoms with Gasteiger partial charge in [0.05, 0.1) is 16.5 Å². The Balaban J connectivity index is 3.18. The monoisotopic (exact) mass is 338 g/mol. The maximum absolute atomic E-state index is 12.8. The summed E-state index contributed by atoms with van der Waals surface area (Å²) >= 11 is -1.51. The molecular weight excluding hydrogens is 321 g/mol. The van der Waals surface area contributed by atoms with Crippen LogP contribution in [0.2, 0.25) is 0 Å². The molecule has 0 aliphatic rings. The van der Waals surface area contributed by atoms with Crippen molar-refractivity contribution in [1.29, 1.82) is 0 Å². The third kappa shape index (κ3) is 4.85. The molecule has 0 aliphatic heterocycles. The number of nitro groups is 1. The van der Waals surface area contributed by atoms with Crippen molar-refractivity contribution in [2.45, 2.75) is 44.7 Å². The van der Waals surface area contributed by atoms with Crippen molar-refractivity contribution in [2.24, 2.45) is 0 Å². The summed E-state index contributed by atoms with van der Waals surface area (Å²) in [5.74, 6) is 0. The summed E-state index contributed by atoms with van der Waals surface area (Å²) in [5, 5.41) is 10.8. The smallest absolute Gasteiger partial charge is 0.416 e. The Morgan fingerprint density at radius 3 is 2.18 bits per heavy atom. The van der Waals surface area contributed by atoms with E-state index in [0.29, 0.717) is 6.07 Å². The highest BCUT2D eigenvalue weighted by Crippen LogP contribution is 2.34. The molecule has 1 aromatic carbocycles. The molecule has 1 N–H and O–H groups in total. The van der Waals surface area contributed by atoms with E-state index in [-0.39, 0.29) is 5.56 Å². The van der Waals surface area contributed by atoms with E-state index < -0.39 is 44.5 Å². The number of halogens is 3. The number of benzene rings is 1. The maximum atomic E-state index is 12.8. The van der Waals surface area contributed by atoms with Gasteiger partial charge >= 0.3 is 6.18 Å². The number of rotatable bonds is 4. The average molecular weight is 338 g/mol. The molecule has 0 fully saturated rings. The molecule has 0 heterocycles. The lowest BCUT2D eigenvalue weighted by Crippen LogP contribution is -2.40. The van der Waals surface area contributed by atoms with Gasteiger partial charge in [-0.3, -0.25) is 10.1 Å². The van der Waals surface area contributed by atoms with Crippen molar-refractivity contribution in [3.63, 3.8) is 0 Å². The molecule has 2 atom stereocenters. The standard InChI is InChI=1S/C13H17F3N2O3S/c1-8(17-22(21)12(2,3)4)9-5-10(13(14,15)16)7-11(6-9)18(19)20/h5-8,17H,1-4H3/t8-,22+/m0/s1. The van der Waals surface area contributed by atoms with E-state index in [9.17, 15) is 27.8 Å². The molecule has 0 saturated carbocycles. The van der Waals surface area contributed by atoms with Gasteiger partial charge < -0.3 is 4.55 Å². The van der Waals surface area contributed by atoms with Gasteiger partial charge in [0.1, 0.15) is 4.75 Å². The van der Waals surface area contributed by atoms with E-state index in [1.807, 2.05) is 0 Å². The molecule has 124 valence electrons. The SMILES string of the molecule is C[C@H](N[S@+]([O-])C(C)(C)C)c1cc([N+](=O)[O-])cc(C(F)(F)F)c1. The lowest BCUT2D eigenvalue weighted by molar-refractivity contribution is -0.385. The van der Waals surface area contributed by atoms with Crippen LogP contribution in [0, 0.1) is 10.1 Å². The van der Waals surface area contributed by atoms with Crippen molar-refractivity contribution < 1.29 is 22.6 Å². The molecule has 0 amide bonds. The van der Waals surface area contributed by atoms with Crippen molar-refractivity contribution in [3.8, 4) is 0 Å². The van der Waals surface area contributed by atoms with E-state index in [0.717, 1.165) is 12.1 Å². The number of hydrogen-bond donors (Lipinski definition) is 1. The van der Waals surface area contributed by atoms with Gasteiger partial charge in [0.25, 0.3) is 5.69 Å². The van der Waals surface area contributed by atoms with Crippen molar-refractivity contribution in [2.75, 3.05) is 0 Å². The van der Waals surface area contributed by atoms with Crippen LogP contribution in [0.1, 0.15) is 44.9 Å². The van der Waals surface area contributed by atoms with Crippen molar-refractivity contribution >= 4 is 17.0 Å². The largest absolute Gasteiger partial charge is 0.598 e. The molecule has 0 bridgehead atoms. The minimum absolute atomic E-state index is 0.0547. The van der Waals surface area contributed by atoms with Crippen LogP contribution >= 0.6 is 0 Å². The van der Waals surface area contributed by atoms with Gasteiger partial charge in [-0.05, 0) is 39.3 Å². The first kappa shape index (κ1) is 18.7. The van der Waals surface area contributed by atoms with Crippen LogP contribution in [0.4, 0.5) is 18.9 Å². The molecule has 0 aliphatic carbocycles. The lowest BCUT2D eigenvalue weighted by atomic mass is 10.0. The fourth-order valence-corrected chi connectivity index (χ4v) is 2.37. The van der Waals surface area contributed by atoms with Crippen LogP contribution in [-0.2, 0) is 17.5 Å². The summed E-state index contributed by atoms with van der Waals surface area (Å²) in [6.45, 7) is 6.62. The highest BCUT2D eigenvalue weighted by Gasteiger charge is 2.34. The predicted molar refractivity (Wildman–Crippen MR) is 77.5 cm³/mol. The normalized spacial score (nSPS) is 15.5. The quantitative estimate of drug-likeness (QED) is 0.515. The fraction of sp³-hybridized carbons (Fsp3) is 0.538. The Kier molecular flexibility index (Phi) is 5.47. The van der Waals surface area contributed by atoms with Crippen molar-refractivity contribution in [3.05, 3.63) is 39.4 Å². The summed E-state index contributed by atoms with van der Waals surface area (Å²) in [7, 11) is 0. The van der Waals surface area contributed by atoms with Gasteiger partial charge in [-0.2, -0.15) is 13.2 Å². The van der Waals surface area contributed by atoms with Crippen LogP contribution in [0.5, 0.6) is 0 Å². The highest BCUT2D eigenvalue weighted by molar-refractivity contribution is 7.90. The molecule has 5 nitrogen and oxygen atoms in total. The predicted octanol–water partition coefficient (Wildman–Crippen LogP) is 3.73. The molecule has 0 spiro atoms. The Morgan fingerprint density at radius 1 is 1.23 bits per heavy atom. The second-order valence-corrected chi connectivity index (χ2v) is 7.79. The van der Waals surface area contributed by atoms with E-state index in [4.69, 9.17) is 0 Å². The summed E-state index contributed by atoms with van der Waals surface area (Å²) < 4.78 is 52.5.